The molecule has 0 atom stereocenters. The van der Waals surface area contributed by atoms with E-state index in [1.54, 1.807) is 30.2 Å². The molecule has 7 nitrogen and oxygen atoms in total. The normalized spacial score (nSPS) is 13.1. The predicted octanol–water partition coefficient (Wildman–Crippen LogP) is 4.18. The zero-order valence-electron chi connectivity index (χ0n) is 18.5. The van der Waals surface area contributed by atoms with E-state index in [0.717, 1.165) is 22.5 Å². The number of fused-ring (bicyclic) bond motifs is 1. The van der Waals surface area contributed by atoms with E-state index in [9.17, 15) is 9.18 Å². The average molecular weight is 439 g/mol. The van der Waals surface area contributed by atoms with Crippen LogP contribution in [0.25, 0.3) is 0 Å². The number of benzene rings is 2. The van der Waals surface area contributed by atoms with Gasteiger partial charge in [-0.3, -0.25) is 4.68 Å². The molecule has 0 spiro atoms. The zero-order valence-corrected chi connectivity index (χ0v) is 18.5. The van der Waals surface area contributed by atoms with Crippen LogP contribution in [0.1, 0.15) is 28.1 Å². The van der Waals surface area contributed by atoms with Crippen molar-refractivity contribution in [1.29, 1.82) is 0 Å². The number of nitrogens with zero attached hydrogens (tertiary/aromatic N) is 3. The molecule has 168 valence electrons. The first-order valence-corrected chi connectivity index (χ1v) is 10.5. The molecule has 1 aliphatic rings. The largest absolute Gasteiger partial charge is 0.495 e. The Morgan fingerprint density at radius 3 is 2.81 bits per heavy atom. The molecule has 0 fully saturated rings. The lowest BCUT2D eigenvalue weighted by Crippen LogP contribution is -2.39. The van der Waals surface area contributed by atoms with Gasteiger partial charge < -0.3 is 19.7 Å². The number of nitrogens with one attached hydrogen (secondary N) is 1. The third-order valence-electron chi connectivity index (χ3n) is 5.66. The van der Waals surface area contributed by atoms with Crippen LogP contribution in [0.2, 0.25) is 0 Å². The van der Waals surface area contributed by atoms with E-state index in [2.05, 4.69) is 10.4 Å². The van der Waals surface area contributed by atoms with E-state index >= 15 is 0 Å². The minimum Gasteiger partial charge on any atom is -0.495 e. The third-order valence-corrected chi connectivity index (χ3v) is 5.66. The number of methoxy groups -OCH3 is 1. The van der Waals surface area contributed by atoms with Gasteiger partial charge in [-0.1, -0.05) is 24.3 Å². The summed E-state index contributed by atoms with van der Waals surface area (Å²) in [6.45, 7) is 3.39. The van der Waals surface area contributed by atoms with Crippen LogP contribution in [0, 0.1) is 12.7 Å². The summed E-state index contributed by atoms with van der Waals surface area (Å²) in [5.74, 6) is 0.329. The molecule has 0 radical (unpaired) electrons. The maximum Gasteiger partial charge on any atom is 0.322 e. The van der Waals surface area contributed by atoms with Gasteiger partial charge in [0, 0.05) is 36.8 Å². The van der Waals surface area contributed by atoms with E-state index in [-0.39, 0.29) is 25.1 Å². The molecule has 3 aromatic rings. The summed E-state index contributed by atoms with van der Waals surface area (Å²) in [5.41, 5.74) is 5.02. The van der Waals surface area contributed by atoms with Gasteiger partial charge >= 0.3 is 6.03 Å². The number of hydrogen-bond donors (Lipinski definition) is 1. The minimum atomic E-state index is -0.287. The van der Waals surface area contributed by atoms with Gasteiger partial charge in [-0.05, 0) is 30.7 Å². The number of carbonyl (C=O) groups excluding carboxylic acids is 1. The van der Waals surface area contributed by atoms with E-state index in [0.29, 0.717) is 36.5 Å². The van der Waals surface area contributed by atoms with Gasteiger partial charge in [0.15, 0.2) is 0 Å². The quantitative estimate of drug-likeness (QED) is 0.627. The number of anilines is 1. The molecule has 1 aliphatic heterocycles. The van der Waals surface area contributed by atoms with Gasteiger partial charge in [0.25, 0.3) is 0 Å². The van der Waals surface area contributed by atoms with Crippen LogP contribution in [-0.4, -0.2) is 34.4 Å². The number of aromatic nitrogens is 2. The average Bonchev–Trinajstić information content (AvgIpc) is 3.10. The van der Waals surface area contributed by atoms with Gasteiger partial charge in [-0.25, -0.2) is 9.18 Å². The fraction of sp³-hybridized carbons (Fsp3) is 0.333. The van der Waals surface area contributed by atoms with Gasteiger partial charge in [0.1, 0.15) is 11.6 Å². The number of amides is 2. The van der Waals surface area contributed by atoms with Crippen LogP contribution in [0.4, 0.5) is 14.9 Å². The Bertz CT molecular complexity index is 1130. The Hall–Kier alpha value is -3.39. The molecular formula is C24H27FN4O3. The highest BCUT2D eigenvalue weighted by Gasteiger charge is 2.27. The van der Waals surface area contributed by atoms with Crippen molar-refractivity contribution >= 4 is 11.7 Å². The van der Waals surface area contributed by atoms with Crippen LogP contribution < -0.4 is 10.1 Å². The highest BCUT2D eigenvalue weighted by atomic mass is 19.1. The maximum atomic E-state index is 13.8. The fourth-order valence-electron chi connectivity index (χ4n) is 3.95. The van der Waals surface area contributed by atoms with Crippen molar-refractivity contribution in [2.45, 2.75) is 33.1 Å². The molecule has 2 heterocycles. The molecule has 32 heavy (non-hydrogen) atoms. The first-order valence-electron chi connectivity index (χ1n) is 10.5. The molecule has 2 amide bonds. The molecule has 4 rings (SSSR count). The van der Waals surface area contributed by atoms with Gasteiger partial charge in [-0.2, -0.15) is 5.10 Å². The van der Waals surface area contributed by atoms with Gasteiger partial charge in [-0.15, -0.1) is 0 Å². The number of aryl methyl sites for hydroxylation is 2. The van der Waals surface area contributed by atoms with Crippen LogP contribution >= 0.6 is 0 Å². The molecule has 0 saturated heterocycles. The number of halogens is 1. The SMILES string of the molecule is COc1ccc(C)cc1NC(=O)N1CCc2c(c(COCc3ccccc3F)nn2C)C1. The van der Waals surface area contributed by atoms with Crippen molar-refractivity contribution in [3.63, 3.8) is 0 Å². The van der Waals surface area contributed by atoms with Crippen LogP contribution in [0.15, 0.2) is 42.5 Å². The second kappa shape index (κ2) is 9.40. The van der Waals surface area contributed by atoms with Crippen LogP contribution in [0.3, 0.4) is 0 Å². The second-order valence-electron chi connectivity index (χ2n) is 7.89. The molecule has 8 heteroatoms. The molecule has 0 saturated carbocycles. The molecule has 0 bridgehead atoms. The van der Waals surface area contributed by atoms with Crippen LogP contribution in [0.5, 0.6) is 5.75 Å². The monoisotopic (exact) mass is 438 g/mol. The number of ether oxygens (including phenoxy) is 2. The number of urea groups is 1. The molecule has 1 N–H and O–H groups in total. The third kappa shape index (κ3) is 4.60. The summed E-state index contributed by atoms with van der Waals surface area (Å²) in [7, 11) is 3.48. The van der Waals surface area contributed by atoms with Crippen molar-refractivity contribution < 1.29 is 18.7 Å². The van der Waals surface area contributed by atoms with E-state index in [1.165, 1.54) is 6.07 Å². The van der Waals surface area contributed by atoms with Crippen LogP contribution in [-0.2, 0) is 38.0 Å². The lowest BCUT2D eigenvalue weighted by atomic mass is 10.1. The van der Waals surface area contributed by atoms with E-state index in [1.807, 2.05) is 36.9 Å². The Morgan fingerprint density at radius 2 is 2.03 bits per heavy atom. The summed E-state index contributed by atoms with van der Waals surface area (Å²) < 4.78 is 26.8. The Kier molecular flexibility index (Phi) is 6.41. The first kappa shape index (κ1) is 21.8. The van der Waals surface area contributed by atoms with E-state index < -0.39 is 0 Å². The summed E-state index contributed by atoms with van der Waals surface area (Å²) in [4.78, 5) is 14.7. The van der Waals surface area contributed by atoms with Crippen molar-refractivity contribution in [1.82, 2.24) is 14.7 Å². The highest BCUT2D eigenvalue weighted by Crippen LogP contribution is 2.27. The zero-order chi connectivity index (χ0) is 22.7. The lowest BCUT2D eigenvalue weighted by Gasteiger charge is -2.28. The minimum absolute atomic E-state index is 0.162. The summed E-state index contributed by atoms with van der Waals surface area (Å²) >= 11 is 0. The Labute approximate surface area is 186 Å². The Morgan fingerprint density at radius 1 is 1.22 bits per heavy atom. The van der Waals surface area contributed by atoms with Crippen molar-refractivity contribution in [2.75, 3.05) is 19.0 Å². The van der Waals surface area contributed by atoms with E-state index in [4.69, 9.17) is 9.47 Å². The second-order valence-corrected chi connectivity index (χ2v) is 7.89. The number of carbonyl (C=O) groups is 1. The molecule has 2 aromatic carbocycles. The predicted molar refractivity (Wildman–Crippen MR) is 119 cm³/mol. The molecular weight excluding hydrogens is 411 g/mol. The topological polar surface area (TPSA) is 68.6 Å². The van der Waals surface area contributed by atoms with Gasteiger partial charge in [0.05, 0.1) is 38.2 Å². The smallest absolute Gasteiger partial charge is 0.322 e. The Balaban J connectivity index is 1.44. The standard InChI is InChI=1S/C24H27FN4O3/c1-16-8-9-23(31-3)20(12-16)26-24(30)29-11-10-22-18(13-29)21(27-28(22)2)15-32-14-17-6-4-5-7-19(17)25/h4-9,12H,10-11,13-15H2,1-3H3,(H,26,30). The van der Waals surface area contributed by atoms with Gasteiger partial charge in [0.2, 0.25) is 0 Å². The fourth-order valence-corrected chi connectivity index (χ4v) is 3.95. The van der Waals surface area contributed by atoms with Crippen molar-refractivity contribution in [3.8, 4) is 5.75 Å². The summed E-state index contributed by atoms with van der Waals surface area (Å²) in [5, 5.41) is 7.54. The number of hydrogen-bond acceptors (Lipinski definition) is 4. The maximum absolute atomic E-state index is 13.8. The highest BCUT2D eigenvalue weighted by molar-refractivity contribution is 5.91. The first-order chi connectivity index (χ1) is 15.5. The lowest BCUT2D eigenvalue weighted by molar-refractivity contribution is 0.101. The molecule has 0 aliphatic carbocycles. The molecule has 1 aromatic heterocycles. The summed E-state index contributed by atoms with van der Waals surface area (Å²) in [6.07, 6.45) is 0.699. The van der Waals surface area contributed by atoms with Crippen molar-refractivity contribution in [3.05, 3.63) is 76.4 Å². The number of rotatable bonds is 6. The summed E-state index contributed by atoms with van der Waals surface area (Å²) in [6, 6.07) is 12.0. The van der Waals surface area contributed by atoms with Crippen molar-refractivity contribution in [2.24, 2.45) is 7.05 Å². The molecule has 0 unspecified atom stereocenters.